The third kappa shape index (κ3) is 4.52. The second-order valence-electron chi connectivity index (χ2n) is 5.79. The molecule has 0 radical (unpaired) electrons. The van der Waals surface area contributed by atoms with Crippen LogP contribution in [-0.4, -0.2) is 55.0 Å². The molecule has 5 heteroatoms. The molecule has 116 valence electrons. The van der Waals surface area contributed by atoms with E-state index >= 15 is 0 Å². The Bertz CT molecular complexity index is 477. The number of hydrogen-bond acceptors (Lipinski definition) is 4. The Balaban J connectivity index is 1.80. The molecule has 1 unspecified atom stereocenters. The van der Waals surface area contributed by atoms with Crippen LogP contribution in [0, 0.1) is 0 Å². The third-order valence-electron chi connectivity index (χ3n) is 4.21. The number of nitrogens with one attached hydrogen (secondary N) is 1. The van der Waals surface area contributed by atoms with E-state index < -0.39 is 0 Å². The van der Waals surface area contributed by atoms with E-state index in [1.54, 1.807) is 0 Å². The maximum atomic E-state index is 12.1. The zero-order valence-electron chi connectivity index (χ0n) is 13.0. The highest BCUT2D eigenvalue weighted by atomic mass is 16.1. The van der Waals surface area contributed by atoms with Gasteiger partial charge in [-0.25, -0.2) is 0 Å². The summed E-state index contributed by atoms with van der Waals surface area (Å²) >= 11 is 0. The molecule has 1 amide bonds. The Morgan fingerprint density at radius 3 is 2.86 bits per heavy atom. The highest BCUT2D eigenvalue weighted by Gasteiger charge is 2.20. The van der Waals surface area contributed by atoms with Crippen LogP contribution < -0.4 is 11.1 Å². The van der Waals surface area contributed by atoms with E-state index in [1.807, 2.05) is 24.3 Å². The fourth-order valence-electron chi connectivity index (χ4n) is 2.62. The Labute approximate surface area is 127 Å². The van der Waals surface area contributed by atoms with Gasteiger partial charge in [-0.3, -0.25) is 4.79 Å². The van der Waals surface area contributed by atoms with E-state index in [0.717, 1.165) is 37.4 Å². The van der Waals surface area contributed by atoms with Gasteiger partial charge in [-0.2, -0.15) is 0 Å². The zero-order chi connectivity index (χ0) is 15.2. The summed E-state index contributed by atoms with van der Waals surface area (Å²) in [5.74, 6) is 0.0579. The molecule has 1 aliphatic heterocycles. The molecule has 1 saturated heterocycles. The van der Waals surface area contributed by atoms with Crippen molar-refractivity contribution < 1.29 is 4.79 Å². The monoisotopic (exact) mass is 290 g/mol. The molecule has 0 bridgehead atoms. The number of nitrogens with two attached hydrogens (primary N) is 1. The van der Waals surface area contributed by atoms with Crippen LogP contribution in [0.4, 0.5) is 5.69 Å². The van der Waals surface area contributed by atoms with Gasteiger partial charge < -0.3 is 20.9 Å². The van der Waals surface area contributed by atoms with Crippen molar-refractivity contribution in [2.45, 2.75) is 25.9 Å². The molecule has 5 nitrogen and oxygen atoms in total. The van der Waals surface area contributed by atoms with Crippen molar-refractivity contribution in [3.63, 3.8) is 0 Å². The number of hydrogen-bond donors (Lipinski definition) is 2. The molecular formula is C16H26N4O. The summed E-state index contributed by atoms with van der Waals surface area (Å²) in [6, 6.07) is 8.25. The number of carbonyl (C=O) groups is 1. The predicted octanol–water partition coefficient (Wildman–Crippen LogP) is 1.11. The number of likely N-dealkylation sites (N-methyl/N-ethyl adjacent to an activating group) is 1. The summed E-state index contributed by atoms with van der Waals surface area (Å²) in [6.07, 6.45) is 0.523. The van der Waals surface area contributed by atoms with Crippen LogP contribution in [0.15, 0.2) is 24.3 Å². The van der Waals surface area contributed by atoms with Gasteiger partial charge in [0.25, 0.3) is 0 Å². The highest BCUT2D eigenvalue weighted by Crippen LogP contribution is 2.14. The number of para-hydroxylation sites is 1. The lowest BCUT2D eigenvalue weighted by Crippen LogP contribution is -2.50. The second-order valence-corrected chi connectivity index (χ2v) is 5.79. The summed E-state index contributed by atoms with van der Waals surface area (Å²) in [5, 5.41) is 2.96. The highest BCUT2D eigenvalue weighted by molar-refractivity contribution is 5.91. The van der Waals surface area contributed by atoms with Crippen LogP contribution in [0.1, 0.15) is 18.9 Å². The number of piperazine rings is 1. The Morgan fingerprint density at radius 1 is 1.38 bits per heavy atom. The maximum Gasteiger partial charge on any atom is 0.225 e. The van der Waals surface area contributed by atoms with Crippen molar-refractivity contribution >= 4 is 11.6 Å². The number of anilines is 1. The van der Waals surface area contributed by atoms with E-state index in [-0.39, 0.29) is 5.91 Å². The quantitative estimate of drug-likeness (QED) is 0.853. The predicted molar refractivity (Wildman–Crippen MR) is 86.1 cm³/mol. The molecule has 1 heterocycles. The normalized spacial score (nSPS) is 20.4. The lowest BCUT2D eigenvalue weighted by atomic mass is 10.1. The van der Waals surface area contributed by atoms with Crippen LogP contribution in [0.3, 0.4) is 0 Å². The second kappa shape index (κ2) is 7.54. The molecular weight excluding hydrogens is 264 g/mol. The minimum Gasteiger partial charge on any atom is -0.326 e. The van der Waals surface area contributed by atoms with Gasteiger partial charge in [0.1, 0.15) is 0 Å². The Kier molecular flexibility index (Phi) is 5.73. The van der Waals surface area contributed by atoms with Crippen LogP contribution in [0.2, 0.25) is 0 Å². The number of carbonyl (C=O) groups excluding carboxylic acids is 1. The number of amides is 1. The zero-order valence-corrected chi connectivity index (χ0v) is 13.0. The molecule has 1 aromatic carbocycles. The van der Waals surface area contributed by atoms with Crippen molar-refractivity contribution in [2.24, 2.45) is 5.73 Å². The van der Waals surface area contributed by atoms with E-state index in [4.69, 9.17) is 5.73 Å². The number of benzene rings is 1. The van der Waals surface area contributed by atoms with Gasteiger partial charge >= 0.3 is 0 Å². The molecule has 3 N–H and O–H groups in total. The summed E-state index contributed by atoms with van der Waals surface area (Å²) < 4.78 is 0. The van der Waals surface area contributed by atoms with Crippen molar-refractivity contribution in [2.75, 3.05) is 38.5 Å². The van der Waals surface area contributed by atoms with E-state index in [9.17, 15) is 4.79 Å². The Hall–Kier alpha value is -1.43. The van der Waals surface area contributed by atoms with Crippen LogP contribution in [-0.2, 0) is 11.3 Å². The summed E-state index contributed by atoms with van der Waals surface area (Å²) in [6.45, 7) is 6.61. The van der Waals surface area contributed by atoms with E-state index in [1.165, 1.54) is 0 Å². The molecule has 2 rings (SSSR count). The van der Waals surface area contributed by atoms with E-state index in [0.29, 0.717) is 19.0 Å². The molecule has 1 aromatic rings. The van der Waals surface area contributed by atoms with Crippen LogP contribution in [0.5, 0.6) is 0 Å². The molecule has 0 aliphatic carbocycles. The fourth-order valence-corrected chi connectivity index (χ4v) is 2.62. The summed E-state index contributed by atoms with van der Waals surface area (Å²) in [5.41, 5.74) is 7.48. The molecule has 0 saturated carbocycles. The standard InChI is InChI=1S/C16H26N4O/c1-13-12-20(10-9-19(13)2)8-7-16(21)18-15-6-4-3-5-14(15)11-17/h3-6,13H,7-12,17H2,1-2H3,(H,18,21). The van der Waals surface area contributed by atoms with Gasteiger partial charge in [-0.15, -0.1) is 0 Å². The first-order valence-electron chi connectivity index (χ1n) is 7.60. The van der Waals surface area contributed by atoms with Gasteiger partial charge in [0.2, 0.25) is 5.91 Å². The average molecular weight is 290 g/mol. The van der Waals surface area contributed by atoms with Crippen LogP contribution in [0.25, 0.3) is 0 Å². The average Bonchev–Trinajstić information content (AvgIpc) is 2.49. The Morgan fingerprint density at radius 2 is 2.14 bits per heavy atom. The van der Waals surface area contributed by atoms with Gasteiger partial charge in [0, 0.05) is 50.9 Å². The smallest absolute Gasteiger partial charge is 0.225 e. The van der Waals surface area contributed by atoms with Gasteiger partial charge in [0.15, 0.2) is 0 Å². The lowest BCUT2D eigenvalue weighted by molar-refractivity contribution is -0.116. The van der Waals surface area contributed by atoms with Crippen molar-refractivity contribution in [3.05, 3.63) is 29.8 Å². The SMILES string of the molecule is CC1CN(CCC(=O)Nc2ccccc2CN)CCN1C. The number of rotatable bonds is 5. The van der Waals surface area contributed by atoms with Crippen molar-refractivity contribution in [3.8, 4) is 0 Å². The third-order valence-corrected chi connectivity index (χ3v) is 4.21. The van der Waals surface area contributed by atoms with Crippen molar-refractivity contribution in [1.29, 1.82) is 0 Å². The molecule has 0 aromatic heterocycles. The minimum absolute atomic E-state index is 0.0579. The van der Waals surface area contributed by atoms with Crippen LogP contribution >= 0.6 is 0 Å². The first kappa shape index (κ1) is 15.9. The summed E-state index contributed by atoms with van der Waals surface area (Å²) in [7, 11) is 2.15. The molecule has 1 fully saturated rings. The van der Waals surface area contributed by atoms with Gasteiger partial charge in [-0.1, -0.05) is 18.2 Å². The maximum absolute atomic E-state index is 12.1. The topological polar surface area (TPSA) is 61.6 Å². The van der Waals surface area contributed by atoms with Crippen molar-refractivity contribution in [1.82, 2.24) is 9.80 Å². The largest absolute Gasteiger partial charge is 0.326 e. The fraction of sp³-hybridized carbons (Fsp3) is 0.562. The molecule has 21 heavy (non-hydrogen) atoms. The van der Waals surface area contributed by atoms with E-state index in [2.05, 4.69) is 29.1 Å². The molecule has 1 aliphatic rings. The summed E-state index contributed by atoms with van der Waals surface area (Å²) in [4.78, 5) is 16.8. The van der Waals surface area contributed by atoms with Gasteiger partial charge in [0.05, 0.1) is 0 Å². The molecule has 1 atom stereocenters. The molecule has 0 spiro atoms. The van der Waals surface area contributed by atoms with Gasteiger partial charge in [-0.05, 0) is 25.6 Å². The lowest BCUT2D eigenvalue weighted by Gasteiger charge is -2.37. The number of nitrogens with zero attached hydrogens (tertiary/aromatic N) is 2. The first-order chi connectivity index (χ1) is 10.1. The minimum atomic E-state index is 0.0579. The first-order valence-corrected chi connectivity index (χ1v) is 7.60.